The van der Waals surface area contributed by atoms with Crippen LogP contribution in [0.4, 0.5) is 5.69 Å². The van der Waals surface area contributed by atoms with E-state index in [-0.39, 0.29) is 18.7 Å². The summed E-state index contributed by atoms with van der Waals surface area (Å²) in [6, 6.07) is 6.25. The molecule has 0 radical (unpaired) electrons. The summed E-state index contributed by atoms with van der Waals surface area (Å²) in [5.74, 6) is -2.47. The van der Waals surface area contributed by atoms with Crippen molar-refractivity contribution in [2.75, 3.05) is 12.4 Å². The van der Waals surface area contributed by atoms with Crippen molar-refractivity contribution in [2.45, 2.75) is 26.2 Å². The molecule has 0 fully saturated rings. The van der Waals surface area contributed by atoms with E-state index in [9.17, 15) is 19.5 Å². The topological polar surface area (TPSA) is 95.5 Å². The first-order chi connectivity index (χ1) is 9.97. The Morgan fingerprint density at radius 1 is 1.24 bits per heavy atom. The zero-order chi connectivity index (χ0) is 15.8. The van der Waals surface area contributed by atoms with Crippen LogP contribution in [0.25, 0.3) is 0 Å². The largest absolute Gasteiger partial charge is 0.550 e. The Kier molecular flexibility index (Phi) is 6.39. The molecule has 0 unspecified atom stereocenters. The minimum atomic E-state index is -1.13. The third kappa shape index (κ3) is 5.25. The Hall–Kier alpha value is -2.37. The van der Waals surface area contributed by atoms with Gasteiger partial charge in [0.2, 0.25) is 5.91 Å². The van der Waals surface area contributed by atoms with E-state index in [0.29, 0.717) is 17.7 Å². The van der Waals surface area contributed by atoms with Crippen molar-refractivity contribution in [1.29, 1.82) is 0 Å². The van der Waals surface area contributed by atoms with Crippen LogP contribution >= 0.6 is 0 Å². The number of rotatable bonds is 7. The number of aliphatic carboxylic acids is 1. The Labute approximate surface area is 123 Å². The maximum Gasteiger partial charge on any atom is 0.337 e. The van der Waals surface area contributed by atoms with Crippen LogP contribution in [0.3, 0.4) is 0 Å². The van der Waals surface area contributed by atoms with Crippen LogP contribution < -0.4 is 10.4 Å². The molecule has 1 aromatic carbocycles. The first-order valence-corrected chi connectivity index (χ1v) is 6.67. The summed E-state index contributed by atoms with van der Waals surface area (Å²) in [5, 5.41) is 13.4. The molecule has 0 saturated carbocycles. The van der Waals surface area contributed by atoms with Gasteiger partial charge in [-0.05, 0) is 43.0 Å². The van der Waals surface area contributed by atoms with Gasteiger partial charge in [0.1, 0.15) is 0 Å². The van der Waals surface area contributed by atoms with Crippen LogP contribution in [0.15, 0.2) is 24.3 Å². The van der Waals surface area contributed by atoms with Gasteiger partial charge in [-0.25, -0.2) is 4.79 Å². The Balaban J connectivity index is 2.51. The summed E-state index contributed by atoms with van der Waals surface area (Å²) < 4.78 is 4.57. The number of hydrogen-bond donors (Lipinski definition) is 1. The van der Waals surface area contributed by atoms with Gasteiger partial charge in [-0.3, -0.25) is 4.79 Å². The highest BCUT2D eigenvalue weighted by atomic mass is 16.5. The van der Waals surface area contributed by atoms with Crippen LogP contribution in [0.5, 0.6) is 0 Å². The molecule has 0 aromatic heterocycles. The molecule has 0 bridgehead atoms. The molecule has 1 rings (SSSR count). The summed E-state index contributed by atoms with van der Waals surface area (Å²) in [7, 11) is 1.29. The molecule has 114 valence electrons. The average molecular weight is 292 g/mol. The third-order valence-corrected chi connectivity index (χ3v) is 3.14. The summed E-state index contributed by atoms with van der Waals surface area (Å²) in [6.45, 7) is 1.74. The monoisotopic (exact) mass is 292 g/mol. The van der Waals surface area contributed by atoms with Gasteiger partial charge < -0.3 is 20.0 Å². The predicted molar refractivity (Wildman–Crippen MR) is 74.4 cm³/mol. The molecular weight excluding hydrogens is 274 g/mol. The molecule has 0 saturated heterocycles. The standard InChI is InChI=1S/C15H19NO5/c1-3-10(14(18)19)6-9-13(17)16-12-7-4-11(5-8-12)15(20)21-2/h4-5,7-8,10H,3,6,9H2,1-2H3,(H,16,17)(H,18,19)/p-1/t10-/m0/s1. The van der Waals surface area contributed by atoms with Crippen LogP contribution in [-0.2, 0) is 14.3 Å². The SMILES string of the molecule is CC[C@@H](CCC(=O)Nc1ccc(C(=O)OC)cc1)C(=O)[O-]. The predicted octanol–water partition coefficient (Wildman–Crippen LogP) is 0.968. The van der Waals surface area contributed by atoms with Gasteiger partial charge in [-0.2, -0.15) is 0 Å². The fourth-order valence-corrected chi connectivity index (χ4v) is 1.82. The Bertz CT molecular complexity index is 509. The maximum atomic E-state index is 11.7. The third-order valence-electron chi connectivity index (χ3n) is 3.14. The molecule has 21 heavy (non-hydrogen) atoms. The van der Waals surface area contributed by atoms with Gasteiger partial charge in [0.15, 0.2) is 0 Å². The van der Waals surface area contributed by atoms with Crippen molar-refractivity contribution in [1.82, 2.24) is 0 Å². The molecule has 0 aliphatic rings. The van der Waals surface area contributed by atoms with Gasteiger partial charge in [0.25, 0.3) is 0 Å². The Morgan fingerprint density at radius 2 is 1.86 bits per heavy atom. The maximum absolute atomic E-state index is 11.7. The number of benzene rings is 1. The Morgan fingerprint density at radius 3 is 2.33 bits per heavy atom. The van der Waals surface area contributed by atoms with E-state index in [1.165, 1.54) is 19.2 Å². The number of anilines is 1. The number of carboxylic acid groups (broad SMARTS) is 1. The molecule has 6 nitrogen and oxygen atoms in total. The molecule has 0 aliphatic heterocycles. The fourth-order valence-electron chi connectivity index (χ4n) is 1.82. The highest BCUT2D eigenvalue weighted by Crippen LogP contribution is 2.13. The molecule has 6 heteroatoms. The first-order valence-electron chi connectivity index (χ1n) is 6.67. The molecular formula is C15H18NO5-. The second-order valence-electron chi connectivity index (χ2n) is 4.58. The number of ether oxygens (including phenoxy) is 1. The fraction of sp³-hybridized carbons (Fsp3) is 0.400. The number of methoxy groups -OCH3 is 1. The van der Waals surface area contributed by atoms with E-state index in [2.05, 4.69) is 10.1 Å². The zero-order valence-corrected chi connectivity index (χ0v) is 12.0. The minimum absolute atomic E-state index is 0.102. The van der Waals surface area contributed by atoms with Gasteiger partial charge in [0.05, 0.1) is 12.7 Å². The second-order valence-corrected chi connectivity index (χ2v) is 4.58. The summed E-state index contributed by atoms with van der Waals surface area (Å²) in [4.78, 5) is 33.7. The smallest absolute Gasteiger partial charge is 0.337 e. The highest BCUT2D eigenvalue weighted by Gasteiger charge is 2.11. The number of carboxylic acids is 1. The molecule has 0 aliphatic carbocycles. The lowest BCUT2D eigenvalue weighted by Crippen LogP contribution is -2.31. The molecule has 1 atom stereocenters. The van der Waals surface area contributed by atoms with E-state index in [1.807, 2.05) is 0 Å². The number of carbonyl (C=O) groups is 3. The van der Waals surface area contributed by atoms with E-state index in [0.717, 1.165) is 0 Å². The highest BCUT2D eigenvalue weighted by molar-refractivity contribution is 5.93. The average Bonchev–Trinajstić information content (AvgIpc) is 2.47. The van der Waals surface area contributed by atoms with E-state index < -0.39 is 17.9 Å². The van der Waals surface area contributed by atoms with Crippen molar-refractivity contribution in [3.63, 3.8) is 0 Å². The second kappa shape index (κ2) is 8.04. The van der Waals surface area contributed by atoms with Gasteiger partial charge >= 0.3 is 5.97 Å². The molecule has 1 amide bonds. The van der Waals surface area contributed by atoms with Crippen molar-refractivity contribution >= 4 is 23.5 Å². The van der Waals surface area contributed by atoms with Crippen molar-refractivity contribution < 1.29 is 24.2 Å². The van der Waals surface area contributed by atoms with Gasteiger partial charge in [-0.15, -0.1) is 0 Å². The number of hydrogen-bond acceptors (Lipinski definition) is 5. The zero-order valence-electron chi connectivity index (χ0n) is 12.0. The van der Waals surface area contributed by atoms with E-state index in [1.54, 1.807) is 19.1 Å². The summed E-state index contributed by atoms with van der Waals surface area (Å²) in [5.41, 5.74) is 0.924. The van der Waals surface area contributed by atoms with E-state index in [4.69, 9.17) is 0 Å². The first kappa shape index (κ1) is 16.7. The van der Waals surface area contributed by atoms with Gasteiger partial charge in [0, 0.05) is 18.1 Å². The lowest BCUT2D eigenvalue weighted by atomic mass is 10.0. The number of esters is 1. The van der Waals surface area contributed by atoms with Gasteiger partial charge in [-0.1, -0.05) is 6.92 Å². The lowest BCUT2D eigenvalue weighted by molar-refractivity contribution is -0.311. The van der Waals surface area contributed by atoms with Crippen LogP contribution in [-0.4, -0.2) is 25.0 Å². The number of carbonyl (C=O) groups excluding carboxylic acids is 3. The number of nitrogens with one attached hydrogen (secondary N) is 1. The van der Waals surface area contributed by atoms with Crippen LogP contribution in [0.1, 0.15) is 36.5 Å². The minimum Gasteiger partial charge on any atom is -0.550 e. The molecule has 1 N–H and O–H groups in total. The molecule has 1 aromatic rings. The quantitative estimate of drug-likeness (QED) is 0.755. The van der Waals surface area contributed by atoms with Crippen molar-refractivity contribution in [3.05, 3.63) is 29.8 Å². The summed E-state index contributed by atoms with van der Waals surface area (Å²) in [6.07, 6.45) is 0.777. The van der Waals surface area contributed by atoms with Crippen molar-refractivity contribution in [2.24, 2.45) is 5.92 Å². The lowest BCUT2D eigenvalue weighted by Gasteiger charge is -2.15. The normalized spacial score (nSPS) is 11.5. The summed E-state index contributed by atoms with van der Waals surface area (Å²) >= 11 is 0. The van der Waals surface area contributed by atoms with E-state index >= 15 is 0 Å². The molecule has 0 spiro atoms. The molecule has 0 heterocycles. The number of amides is 1. The van der Waals surface area contributed by atoms with Crippen molar-refractivity contribution in [3.8, 4) is 0 Å². The van der Waals surface area contributed by atoms with Crippen LogP contribution in [0, 0.1) is 5.92 Å². The van der Waals surface area contributed by atoms with Crippen LogP contribution in [0.2, 0.25) is 0 Å².